The van der Waals surface area contributed by atoms with Gasteiger partial charge in [0.15, 0.2) is 23.0 Å². The molecule has 11 heteroatoms. The van der Waals surface area contributed by atoms with E-state index in [1.165, 1.54) is 0 Å². The molecule has 0 saturated heterocycles. The summed E-state index contributed by atoms with van der Waals surface area (Å²) in [4.78, 5) is 40.5. The van der Waals surface area contributed by atoms with Gasteiger partial charge in [0.25, 0.3) is 0 Å². The van der Waals surface area contributed by atoms with Gasteiger partial charge in [0.05, 0.1) is 18.1 Å². The molecule has 51 heavy (non-hydrogen) atoms. The van der Waals surface area contributed by atoms with Crippen molar-refractivity contribution in [2.24, 2.45) is 0 Å². The van der Waals surface area contributed by atoms with E-state index in [1.807, 2.05) is 71.6 Å². The summed E-state index contributed by atoms with van der Waals surface area (Å²) in [5.41, 5.74) is 7.73. The van der Waals surface area contributed by atoms with Crippen LogP contribution in [0.1, 0.15) is 45.7 Å². The number of amides is 2. The number of likely N-dealkylation sites (N-methyl/N-ethyl adjacent to an activating group) is 1. The standard InChI is InChI=1S/C40H35N5O6/c1-44(2)40(47)30-18-26-24-8-4-6-10-28(24)42-37(26)38(22-12-14-32-34(16-22)51-20-49-32)45(30)39(46)29-17-25-23-7-3-5-9-27(23)41-36(25)35(43-29)21-11-13-31-33(15-21)50-19-48-31/h3-16,29-30,35,38,41-43H,17-20H2,1-2H3/t29-,30-,35-,38-/m1/s1. The van der Waals surface area contributed by atoms with Gasteiger partial charge in [-0.2, -0.15) is 0 Å². The van der Waals surface area contributed by atoms with Crippen LogP contribution in [0.4, 0.5) is 0 Å². The molecule has 0 aliphatic carbocycles. The lowest BCUT2D eigenvalue weighted by molar-refractivity contribution is -0.148. The fourth-order valence-corrected chi connectivity index (χ4v) is 8.41. The van der Waals surface area contributed by atoms with Crippen LogP contribution in [0.5, 0.6) is 23.0 Å². The zero-order valence-corrected chi connectivity index (χ0v) is 28.1. The molecule has 0 bridgehead atoms. The quantitative estimate of drug-likeness (QED) is 0.230. The molecule has 6 aromatic rings. The molecule has 0 fully saturated rings. The van der Waals surface area contributed by atoms with Crippen LogP contribution in [0.25, 0.3) is 21.8 Å². The van der Waals surface area contributed by atoms with Crippen molar-refractivity contribution < 1.29 is 28.5 Å². The summed E-state index contributed by atoms with van der Waals surface area (Å²) < 4.78 is 22.9. The molecule has 3 N–H and O–H groups in total. The first-order valence-corrected chi connectivity index (χ1v) is 17.2. The van der Waals surface area contributed by atoms with Gasteiger partial charge >= 0.3 is 0 Å². The Morgan fingerprint density at radius 3 is 1.92 bits per heavy atom. The van der Waals surface area contributed by atoms with Gasteiger partial charge in [0.1, 0.15) is 6.04 Å². The summed E-state index contributed by atoms with van der Waals surface area (Å²) in [5, 5.41) is 5.85. The second-order valence-corrected chi connectivity index (χ2v) is 13.8. The summed E-state index contributed by atoms with van der Waals surface area (Å²) in [6.07, 6.45) is 0.811. The van der Waals surface area contributed by atoms with E-state index in [4.69, 9.17) is 18.9 Å². The van der Waals surface area contributed by atoms with Crippen molar-refractivity contribution in [3.63, 3.8) is 0 Å². The van der Waals surface area contributed by atoms with Gasteiger partial charge in [0, 0.05) is 53.7 Å². The largest absolute Gasteiger partial charge is 0.454 e. The van der Waals surface area contributed by atoms with Crippen molar-refractivity contribution in [3.8, 4) is 23.0 Å². The van der Waals surface area contributed by atoms with Gasteiger partial charge in [-0.05, 0) is 65.1 Å². The minimum Gasteiger partial charge on any atom is -0.454 e. The van der Waals surface area contributed by atoms with E-state index in [0.717, 1.165) is 55.4 Å². The Kier molecular flexibility index (Phi) is 6.63. The first-order valence-electron chi connectivity index (χ1n) is 17.2. The maximum Gasteiger partial charge on any atom is 0.245 e. The minimum absolute atomic E-state index is 0.131. The smallest absolute Gasteiger partial charge is 0.245 e. The molecular formula is C40H35N5O6. The summed E-state index contributed by atoms with van der Waals surface area (Å²) in [6.45, 7) is 0.300. The highest BCUT2D eigenvalue weighted by Gasteiger charge is 2.47. The highest BCUT2D eigenvalue weighted by atomic mass is 16.7. The van der Waals surface area contributed by atoms with E-state index in [0.29, 0.717) is 35.8 Å². The Labute approximate surface area is 293 Å². The SMILES string of the molecule is CN(C)C(=O)[C@H]1Cc2c([nH]c3ccccc23)[C@@H](c2ccc3c(c2)OCO3)N1C(=O)[C@H]1Cc2c([nH]c3ccccc23)[C@@H](c2ccc3c(c2)OCO3)N1. The van der Waals surface area contributed by atoms with Gasteiger partial charge in [-0.15, -0.1) is 0 Å². The van der Waals surface area contributed by atoms with Gasteiger partial charge in [-0.1, -0.05) is 48.5 Å². The van der Waals surface area contributed by atoms with Gasteiger partial charge in [-0.3, -0.25) is 14.9 Å². The number of rotatable bonds is 4. The fraction of sp³-hybridized carbons (Fsp3) is 0.250. The number of fused-ring (bicyclic) bond motifs is 8. The number of carbonyl (C=O) groups excluding carboxylic acids is 2. The number of aromatic amines is 2. The summed E-state index contributed by atoms with van der Waals surface area (Å²) in [7, 11) is 3.50. The molecule has 0 unspecified atom stereocenters. The second kappa shape index (κ2) is 11.3. The number of H-pyrrole nitrogens is 2. The van der Waals surface area contributed by atoms with Crippen LogP contribution < -0.4 is 24.3 Å². The van der Waals surface area contributed by atoms with Crippen LogP contribution in [0, 0.1) is 0 Å². The molecular weight excluding hydrogens is 646 g/mol. The highest BCUT2D eigenvalue weighted by Crippen LogP contribution is 2.46. The average molecular weight is 682 g/mol. The fourth-order valence-electron chi connectivity index (χ4n) is 8.41. The highest BCUT2D eigenvalue weighted by molar-refractivity contribution is 5.95. The maximum absolute atomic E-state index is 15.5. The van der Waals surface area contributed by atoms with E-state index in [1.54, 1.807) is 19.0 Å². The van der Waals surface area contributed by atoms with Crippen LogP contribution in [0.3, 0.4) is 0 Å². The third-order valence-corrected chi connectivity index (χ3v) is 10.8. The number of carbonyl (C=O) groups is 2. The Morgan fingerprint density at radius 1 is 0.686 bits per heavy atom. The lowest BCUT2D eigenvalue weighted by Crippen LogP contribution is -2.60. The zero-order valence-electron chi connectivity index (χ0n) is 28.1. The van der Waals surface area contributed by atoms with Crippen molar-refractivity contribution in [3.05, 3.63) is 119 Å². The summed E-state index contributed by atoms with van der Waals surface area (Å²) in [5.74, 6) is 2.32. The van der Waals surface area contributed by atoms with Crippen molar-refractivity contribution in [2.45, 2.75) is 37.0 Å². The molecule has 2 aromatic heterocycles. The van der Waals surface area contributed by atoms with E-state index >= 15 is 4.79 Å². The lowest BCUT2D eigenvalue weighted by Gasteiger charge is -2.45. The predicted octanol–water partition coefficient (Wildman–Crippen LogP) is 5.34. The Hall–Kier alpha value is -5.94. The van der Waals surface area contributed by atoms with E-state index in [2.05, 4.69) is 33.5 Å². The third-order valence-electron chi connectivity index (χ3n) is 10.8. The van der Waals surface area contributed by atoms with E-state index in [9.17, 15) is 4.79 Å². The number of nitrogens with zero attached hydrogens (tertiary/aromatic N) is 2. The number of ether oxygens (including phenoxy) is 4. The molecule has 10 rings (SSSR count). The molecule has 11 nitrogen and oxygen atoms in total. The van der Waals surface area contributed by atoms with Crippen LogP contribution >= 0.6 is 0 Å². The molecule has 4 atom stereocenters. The monoisotopic (exact) mass is 681 g/mol. The van der Waals surface area contributed by atoms with Crippen LogP contribution in [-0.4, -0.2) is 71.3 Å². The van der Waals surface area contributed by atoms with Crippen LogP contribution in [0.15, 0.2) is 84.9 Å². The minimum atomic E-state index is -0.759. The molecule has 6 heterocycles. The molecule has 2 amide bonds. The van der Waals surface area contributed by atoms with Crippen molar-refractivity contribution >= 4 is 33.6 Å². The van der Waals surface area contributed by atoms with Crippen LogP contribution in [0.2, 0.25) is 0 Å². The molecule has 4 aliphatic heterocycles. The first kappa shape index (κ1) is 29.9. The molecule has 4 aromatic carbocycles. The van der Waals surface area contributed by atoms with E-state index in [-0.39, 0.29) is 31.4 Å². The molecule has 256 valence electrons. The molecule has 0 saturated carbocycles. The van der Waals surface area contributed by atoms with Crippen LogP contribution in [-0.2, 0) is 22.4 Å². The topological polar surface area (TPSA) is 121 Å². The maximum atomic E-state index is 15.5. The van der Waals surface area contributed by atoms with Gasteiger partial charge < -0.3 is 38.7 Å². The number of benzene rings is 4. The number of hydrogen-bond acceptors (Lipinski definition) is 7. The predicted molar refractivity (Wildman–Crippen MR) is 189 cm³/mol. The Balaban J connectivity index is 1.14. The van der Waals surface area contributed by atoms with Crippen molar-refractivity contribution in [2.75, 3.05) is 27.7 Å². The van der Waals surface area contributed by atoms with Crippen molar-refractivity contribution in [1.82, 2.24) is 25.1 Å². The molecule has 0 spiro atoms. The van der Waals surface area contributed by atoms with Gasteiger partial charge in [-0.25, -0.2) is 0 Å². The normalized spacial score (nSPS) is 21.5. The first-order chi connectivity index (χ1) is 24.9. The lowest BCUT2D eigenvalue weighted by atomic mass is 9.85. The molecule has 0 radical (unpaired) electrons. The van der Waals surface area contributed by atoms with E-state index < -0.39 is 18.1 Å². The zero-order chi connectivity index (χ0) is 34.4. The Bertz CT molecular complexity index is 2400. The van der Waals surface area contributed by atoms with Crippen molar-refractivity contribution in [1.29, 1.82) is 0 Å². The summed E-state index contributed by atoms with van der Waals surface area (Å²) >= 11 is 0. The number of hydrogen-bond donors (Lipinski definition) is 3. The second-order valence-electron chi connectivity index (χ2n) is 13.8. The number of nitrogens with one attached hydrogen (secondary N) is 3. The summed E-state index contributed by atoms with van der Waals surface area (Å²) in [6, 6.07) is 25.6. The third kappa shape index (κ3) is 4.61. The average Bonchev–Trinajstić information content (AvgIpc) is 3.97. The van der Waals surface area contributed by atoms with Gasteiger partial charge in [0.2, 0.25) is 25.4 Å². The Morgan fingerprint density at radius 2 is 1.25 bits per heavy atom. The number of aromatic nitrogens is 2. The molecule has 4 aliphatic rings. The number of para-hydroxylation sites is 2.